The van der Waals surface area contributed by atoms with E-state index in [4.69, 9.17) is 11.2 Å². The number of benzene rings is 2. The normalized spacial score (nSPS) is 25.6. The number of phenolic OH excluding ortho intramolecular Hbond substituents is 1. The average molecular weight is 667 g/mol. The van der Waals surface area contributed by atoms with Gasteiger partial charge in [0.15, 0.2) is 0 Å². The quantitative estimate of drug-likeness (QED) is 0.235. The summed E-state index contributed by atoms with van der Waals surface area (Å²) < 4.78 is 80.9. The molecule has 8 rings (SSSR count). The predicted molar refractivity (Wildman–Crippen MR) is 168 cm³/mol. The lowest BCUT2D eigenvalue weighted by molar-refractivity contribution is -0.142. The van der Waals surface area contributed by atoms with Crippen LogP contribution in [0.1, 0.15) is 43.4 Å². The predicted octanol–water partition coefficient (Wildman–Crippen LogP) is 4.67. The zero-order valence-electron chi connectivity index (χ0n) is 25.7. The second kappa shape index (κ2) is 11.0. The third-order valence-corrected chi connectivity index (χ3v) is 10.3. The van der Waals surface area contributed by atoms with Gasteiger partial charge in [-0.25, -0.2) is 8.78 Å². The topological polar surface area (TPSA) is 95.8 Å². The van der Waals surface area contributed by atoms with Gasteiger partial charge in [0.2, 0.25) is 0 Å². The van der Waals surface area contributed by atoms with E-state index >= 15 is 0 Å². The molecule has 0 aliphatic carbocycles. The summed E-state index contributed by atoms with van der Waals surface area (Å²) in [6.07, 6.45) is 3.11. The fourth-order valence-corrected chi connectivity index (χ4v) is 8.24. The van der Waals surface area contributed by atoms with E-state index in [1.807, 2.05) is 9.80 Å². The van der Waals surface area contributed by atoms with Crippen LogP contribution >= 0.6 is 0 Å². The summed E-state index contributed by atoms with van der Waals surface area (Å²) in [5.41, 5.74) is -4.32. The van der Waals surface area contributed by atoms with Crippen LogP contribution < -0.4 is 20.5 Å². The number of nitrogens with one attached hydrogen (secondary N) is 1. The first-order valence-corrected chi connectivity index (χ1v) is 15.9. The fraction of sp³-hybridized carbons (Fsp3) is 0.441. The number of ether oxygens (including phenoxy) is 1. The van der Waals surface area contributed by atoms with Crippen molar-refractivity contribution in [1.29, 1.82) is 0 Å². The molecular weight excluding hydrogens is 635 g/mol. The number of pyridine rings is 1. The van der Waals surface area contributed by atoms with Crippen molar-refractivity contribution in [2.45, 2.75) is 62.1 Å². The van der Waals surface area contributed by atoms with E-state index in [1.165, 1.54) is 12.1 Å². The van der Waals surface area contributed by atoms with Crippen molar-refractivity contribution in [3.05, 3.63) is 57.8 Å². The van der Waals surface area contributed by atoms with E-state index in [-0.39, 0.29) is 64.2 Å². The summed E-state index contributed by atoms with van der Waals surface area (Å²) in [6.45, 7) is 1.94. The molecule has 2 aromatic carbocycles. The molecule has 0 saturated carbocycles. The molecule has 250 valence electrons. The van der Waals surface area contributed by atoms with Crippen LogP contribution in [0.25, 0.3) is 27.4 Å². The van der Waals surface area contributed by atoms with E-state index in [2.05, 4.69) is 21.2 Å². The summed E-state index contributed by atoms with van der Waals surface area (Å²) in [4.78, 5) is 27.3. The lowest BCUT2D eigenvalue weighted by Crippen LogP contribution is -2.51. The number of rotatable bonds is 5. The highest BCUT2D eigenvalue weighted by Crippen LogP contribution is 2.42. The number of aromatic hydroxyl groups is 1. The smallest absolute Gasteiger partial charge is 0.431 e. The SMILES string of the molecule is C#Cc1c(F)ccc2cc(O)cc(-n3c(C(F)(F)F)cc4c(N5C[C@H]6CC[C@@H](C5)N6)nc(OC[C@@]56CCCN5C[C@H](F)C6)nc4c3=O)c12. The maximum absolute atomic E-state index is 15.0. The van der Waals surface area contributed by atoms with Crippen molar-refractivity contribution in [2.75, 3.05) is 37.7 Å². The summed E-state index contributed by atoms with van der Waals surface area (Å²) in [6, 6.07) is 5.23. The van der Waals surface area contributed by atoms with E-state index in [1.54, 1.807) is 0 Å². The molecule has 2 N–H and O–H groups in total. The molecule has 0 amide bonds. The minimum Gasteiger partial charge on any atom is -0.508 e. The highest BCUT2D eigenvalue weighted by molar-refractivity contribution is 5.97. The molecular formula is C34H31F5N6O3. The van der Waals surface area contributed by atoms with Crippen LogP contribution in [-0.2, 0) is 6.18 Å². The lowest BCUT2D eigenvalue weighted by atomic mass is 9.95. The number of alkyl halides is 4. The molecule has 2 bridgehead atoms. The van der Waals surface area contributed by atoms with Gasteiger partial charge in [-0.2, -0.15) is 23.1 Å². The average Bonchev–Trinajstić information content (AvgIpc) is 3.69. The first-order valence-electron chi connectivity index (χ1n) is 15.9. The van der Waals surface area contributed by atoms with Crippen LogP contribution in [0.4, 0.5) is 27.8 Å². The Kier molecular flexibility index (Phi) is 7.08. The Labute approximate surface area is 271 Å². The maximum atomic E-state index is 15.0. The number of nitrogens with zero attached hydrogens (tertiary/aromatic N) is 5. The van der Waals surface area contributed by atoms with Gasteiger partial charge < -0.3 is 20.1 Å². The molecule has 9 nitrogen and oxygen atoms in total. The molecule has 4 aromatic rings. The molecule has 14 heteroatoms. The van der Waals surface area contributed by atoms with Gasteiger partial charge in [0.05, 0.1) is 22.2 Å². The molecule has 4 aliphatic rings. The van der Waals surface area contributed by atoms with Crippen molar-refractivity contribution in [3.8, 4) is 29.8 Å². The molecule has 2 aromatic heterocycles. The summed E-state index contributed by atoms with van der Waals surface area (Å²) >= 11 is 0. The van der Waals surface area contributed by atoms with Crippen LogP contribution in [0.5, 0.6) is 11.8 Å². The van der Waals surface area contributed by atoms with Crippen molar-refractivity contribution in [2.24, 2.45) is 0 Å². The van der Waals surface area contributed by atoms with E-state index < -0.39 is 46.4 Å². The Morgan fingerprint density at radius 3 is 2.62 bits per heavy atom. The maximum Gasteiger partial charge on any atom is 0.431 e. The van der Waals surface area contributed by atoms with Gasteiger partial charge in [0.1, 0.15) is 41.4 Å². The summed E-state index contributed by atoms with van der Waals surface area (Å²) in [5.74, 6) is 0.962. The fourth-order valence-electron chi connectivity index (χ4n) is 8.24. The molecule has 4 aliphatic heterocycles. The second-order valence-electron chi connectivity index (χ2n) is 13.3. The van der Waals surface area contributed by atoms with Gasteiger partial charge in [-0.05, 0) is 55.8 Å². The number of terminal acetylenes is 1. The van der Waals surface area contributed by atoms with Gasteiger partial charge in [-0.1, -0.05) is 12.0 Å². The zero-order chi connectivity index (χ0) is 33.5. The lowest BCUT2D eigenvalue weighted by Gasteiger charge is -2.34. The largest absolute Gasteiger partial charge is 0.508 e. The number of hydrogen-bond acceptors (Lipinski definition) is 8. The number of hydrogen-bond donors (Lipinski definition) is 2. The second-order valence-corrected chi connectivity index (χ2v) is 13.3. The van der Waals surface area contributed by atoms with E-state index in [0.717, 1.165) is 44.0 Å². The Hall–Kier alpha value is -4.48. The highest BCUT2D eigenvalue weighted by Gasteiger charge is 2.49. The Balaban J connectivity index is 1.36. The standard InChI is InChI=1S/C34H31F5N6O3/c1-2-23-25(36)7-4-18-10-22(46)11-26(28(18)23)45-27(34(37,38)39)12-24-29(31(45)47)41-32(42-30(24)43-15-20-5-6-21(16-43)40-20)48-17-33-8-3-9-44(33)14-19(35)13-33/h1,4,7,10-12,19-21,40,46H,3,5-6,8-9,13-17H2/t19-,20-,21+,33+/m1/s1. The van der Waals surface area contributed by atoms with E-state index in [0.29, 0.717) is 30.6 Å². The van der Waals surface area contributed by atoms with Crippen molar-refractivity contribution < 1.29 is 31.8 Å². The third-order valence-electron chi connectivity index (χ3n) is 10.3. The van der Waals surface area contributed by atoms with Crippen molar-refractivity contribution >= 4 is 27.5 Å². The first kappa shape index (κ1) is 30.8. The third kappa shape index (κ3) is 4.94. The van der Waals surface area contributed by atoms with Crippen LogP contribution in [0.3, 0.4) is 0 Å². The Morgan fingerprint density at radius 2 is 1.90 bits per heavy atom. The summed E-state index contributed by atoms with van der Waals surface area (Å²) in [7, 11) is 0. The molecule has 6 heterocycles. The molecule has 4 atom stereocenters. The number of phenols is 1. The molecule has 0 unspecified atom stereocenters. The molecule has 4 saturated heterocycles. The Bertz CT molecular complexity index is 2070. The number of aromatic nitrogens is 3. The number of halogens is 5. The van der Waals surface area contributed by atoms with Crippen LogP contribution in [-0.4, -0.2) is 81.1 Å². The van der Waals surface area contributed by atoms with Gasteiger partial charge in [-0.3, -0.25) is 14.3 Å². The van der Waals surface area contributed by atoms with Crippen molar-refractivity contribution in [1.82, 2.24) is 24.8 Å². The molecule has 0 radical (unpaired) electrons. The van der Waals surface area contributed by atoms with Crippen LogP contribution in [0.2, 0.25) is 0 Å². The monoisotopic (exact) mass is 666 g/mol. The van der Waals surface area contributed by atoms with Crippen molar-refractivity contribution in [3.63, 3.8) is 0 Å². The molecule has 0 spiro atoms. The van der Waals surface area contributed by atoms with Crippen LogP contribution in [0, 0.1) is 18.2 Å². The van der Waals surface area contributed by atoms with E-state index in [9.17, 15) is 31.9 Å². The van der Waals surface area contributed by atoms with Crippen LogP contribution in [0.15, 0.2) is 35.1 Å². The first-order chi connectivity index (χ1) is 22.9. The minimum absolute atomic E-state index is 0.0436. The zero-order valence-corrected chi connectivity index (χ0v) is 25.7. The molecule has 48 heavy (non-hydrogen) atoms. The summed E-state index contributed by atoms with van der Waals surface area (Å²) in [5, 5.41) is 13.9. The van der Waals surface area contributed by atoms with Gasteiger partial charge in [0, 0.05) is 49.6 Å². The van der Waals surface area contributed by atoms with Gasteiger partial charge in [-0.15, -0.1) is 6.42 Å². The Morgan fingerprint density at radius 1 is 1.12 bits per heavy atom. The number of anilines is 1. The number of fused-ring (bicyclic) bond motifs is 5. The molecule has 4 fully saturated rings. The van der Waals surface area contributed by atoms with Gasteiger partial charge in [0.25, 0.3) is 5.56 Å². The highest BCUT2D eigenvalue weighted by atomic mass is 19.4. The number of piperazine rings is 1. The van der Waals surface area contributed by atoms with Gasteiger partial charge >= 0.3 is 12.2 Å². The minimum atomic E-state index is -5.08.